The fraction of sp³-hybridized carbons (Fsp3) is 0.200. The van der Waals surface area contributed by atoms with Gasteiger partial charge in [0.15, 0.2) is 0 Å². The number of nitrogens with zero attached hydrogens (tertiary/aromatic N) is 1. The lowest BCUT2D eigenvalue weighted by Crippen LogP contribution is -2.28. The molecular formula is C15H13Cl2FN2O. The predicted molar refractivity (Wildman–Crippen MR) is 81.2 cm³/mol. The molecule has 0 radical (unpaired) electrons. The van der Waals surface area contributed by atoms with Gasteiger partial charge in [-0.15, -0.1) is 0 Å². The first-order chi connectivity index (χ1) is 10.0. The molecule has 2 aromatic rings. The van der Waals surface area contributed by atoms with Gasteiger partial charge in [0.05, 0.1) is 17.8 Å². The third-order valence-electron chi connectivity index (χ3n) is 3.01. The molecule has 0 aliphatic carbocycles. The van der Waals surface area contributed by atoms with E-state index in [2.05, 4.69) is 10.3 Å². The summed E-state index contributed by atoms with van der Waals surface area (Å²) in [6, 6.07) is 8.04. The first-order valence-corrected chi connectivity index (χ1v) is 7.14. The largest absolute Gasteiger partial charge is 0.345 e. The second-order valence-electron chi connectivity index (χ2n) is 4.48. The van der Waals surface area contributed by atoms with E-state index >= 15 is 0 Å². The maximum atomic E-state index is 13.2. The smallest absolute Gasteiger partial charge is 0.254 e. The van der Waals surface area contributed by atoms with Gasteiger partial charge in [-0.05, 0) is 30.2 Å². The van der Waals surface area contributed by atoms with Gasteiger partial charge in [-0.25, -0.2) is 9.37 Å². The van der Waals surface area contributed by atoms with Gasteiger partial charge < -0.3 is 5.32 Å². The van der Waals surface area contributed by atoms with Crippen molar-refractivity contribution >= 4 is 29.1 Å². The summed E-state index contributed by atoms with van der Waals surface area (Å²) in [6.07, 6.45) is 1.62. The molecule has 0 saturated heterocycles. The van der Waals surface area contributed by atoms with Crippen LogP contribution in [0.3, 0.4) is 0 Å². The van der Waals surface area contributed by atoms with Crippen LogP contribution in [0.4, 0.5) is 4.39 Å². The zero-order chi connectivity index (χ0) is 15.4. The van der Waals surface area contributed by atoms with Crippen molar-refractivity contribution in [3.8, 4) is 0 Å². The minimum Gasteiger partial charge on any atom is -0.345 e. The number of hydrogen-bond donors (Lipinski definition) is 1. The number of halogens is 3. The summed E-state index contributed by atoms with van der Waals surface area (Å²) in [5, 5.41) is 3.36. The topological polar surface area (TPSA) is 42.0 Å². The Bertz CT molecular complexity index is 664. The van der Waals surface area contributed by atoms with Crippen molar-refractivity contribution in [2.24, 2.45) is 0 Å². The summed E-state index contributed by atoms with van der Waals surface area (Å²) >= 11 is 11.8. The zero-order valence-corrected chi connectivity index (χ0v) is 12.7. The fourth-order valence-electron chi connectivity index (χ4n) is 1.96. The minimum absolute atomic E-state index is 0.0112. The lowest BCUT2D eigenvalue weighted by molar-refractivity contribution is 0.0935. The van der Waals surface area contributed by atoms with Crippen molar-refractivity contribution in [3.05, 3.63) is 63.6 Å². The molecule has 1 aromatic heterocycles. The number of hydrogen-bond acceptors (Lipinski definition) is 2. The third kappa shape index (κ3) is 3.93. The first-order valence-electron chi connectivity index (χ1n) is 6.38. The number of benzene rings is 1. The van der Waals surface area contributed by atoms with Crippen molar-refractivity contribution in [3.63, 3.8) is 0 Å². The Hall–Kier alpha value is -1.65. The Morgan fingerprint density at radius 1 is 1.38 bits per heavy atom. The molecule has 1 aromatic carbocycles. The number of carbonyl (C=O) groups excluding carboxylic acids is 1. The molecule has 0 aliphatic rings. The molecule has 0 spiro atoms. The van der Waals surface area contributed by atoms with Crippen molar-refractivity contribution in [1.29, 1.82) is 0 Å². The molecule has 0 bridgehead atoms. The molecular weight excluding hydrogens is 314 g/mol. The number of pyridine rings is 1. The van der Waals surface area contributed by atoms with E-state index in [1.54, 1.807) is 12.1 Å². The molecule has 1 atom stereocenters. The highest BCUT2D eigenvalue weighted by atomic mass is 35.5. The van der Waals surface area contributed by atoms with Crippen LogP contribution in [-0.4, -0.2) is 10.9 Å². The number of amides is 1. The molecule has 2 rings (SSSR count). The summed E-state index contributed by atoms with van der Waals surface area (Å²) in [6.45, 7) is 1.93. The third-order valence-corrected chi connectivity index (χ3v) is 3.55. The standard InChI is InChI=1S/C15H13Cl2FN2O/c1-2-13(9-4-3-5-10(16)6-9)20-15(21)12-7-11(18)8-19-14(12)17/h3-8,13H,2H2,1H3,(H,20,21). The first kappa shape index (κ1) is 15.7. The quantitative estimate of drug-likeness (QED) is 0.845. The van der Waals surface area contributed by atoms with Crippen LogP contribution in [0, 0.1) is 5.82 Å². The maximum absolute atomic E-state index is 13.2. The van der Waals surface area contributed by atoms with E-state index in [9.17, 15) is 9.18 Å². The minimum atomic E-state index is -0.611. The van der Waals surface area contributed by atoms with Gasteiger partial charge in [-0.1, -0.05) is 42.3 Å². The van der Waals surface area contributed by atoms with E-state index in [0.29, 0.717) is 11.4 Å². The molecule has 1 unspecified atom stereocenters. The monoisotopic (exact) mass is 326 g/mol. The molecule has 6 heteroatoms. The molecule has 1 heterocycles. The van der Waals surface area contributed by atoms with Crippen LogP contribution in [0.5, 0.6) is 0 Å². The van der Waals surface area contributed by atoms with E-state index in [0.717, 1.165) is 17.8 Å². The van der Waals surface area contributed by atoms with Crippen LogP contribution in [0.1, 0.15) is 35.3 Å². The SMILES string of the molecule is CCC(NC(=O)c1cc(F)cnc1Cl)c1cccc(Cl)c1. The predicted octanol–water partition coefficient (Wildman–Crippen LogP) is 4.41. The molecule has 110 valence electrons. The van der Waals surface area contributed by atoms with Gasteiger partial charge in [0.1, 0.15) is 11.0 Å². The molecule has 3 nitrogen and oxygen atoms in total. The van der Waals surface area contributed by atoms with E-state index in [4.69, 9.17) is 23.2 Å². The molecule has 0 fully saturated rings. The van der Waals surface area contributed by atoms with Crippen molar-refractivity contribution in [2.45, 2.75) is 19.4 Å². The number of carbonyl (C=O) groups is 1. The van der Waals surface area contributed by atoms with Crippen LogP contribution < -0.4 is 5.32 Å². The van der Waals surface area contributed by atoms with Crippen LogP contribution >= 0.6 is 23.2 Å². The Balaban J connectivity index is 2.22. The van der Waals surface area contributed by atoms with E-state index < -0.39 is 11.7 Å². The Kier molecular flexibility index (Phi) is 5.15. The van der Waals surface area contributed by atoms with Gasteiger partial charge in [-0.2, -0.15) is 0 Å². The molecule has 21 heavy (non-hydrogen) atoms. The number of nitrogens with one attached hydrogen (secondary N) is 1. The summed E-state index contributed by atoms with van der Waals surface area (Å²) in [7, 11) is 0. The van der Waals surface area contributed by atoms with Crippen LogP contribution in [-0.2, 0) is 0 Å². The van der Waals surface area contributed by atoms with Crippen molar-refractivity contribution < 1.29 is 9.18 Å². The number of rotatable bonds is 4. The molecule has 0 aliphatic heterocycles. The lowest BCUT2D eigenvalue weighted by Gasteiger charge is -2.18. The molecule has 0 saturated carbocycles. The summed E-state index contributed by atoms with van der Waals surface area (Å²) in [4.78, 5) is 15.8. The summed E-state index contributed by atoms with van der Waals surface area (Å²) < 4.78 is 13.2. The van der Waals surface area contributed by atoms with Gasteiger partial charge in [0.2, 0.25) is 0 Å². The van der Waals surface area contributed by atoms with Crippen LogP contribution in [0.15, 0.2) is 36.5 Å². The number of aromatic nitrogens is 1. The van der Waals surface area contributed by atoms with Crippen molar-refractivity contribution in [1.82, 2.24) is 10.3 Å². The molecule has 1 amide bonds. The van der Waals surface area contributed by atoms with Gasteiger partial charge in [-0.3, -0.25) is 4.79 Å². The lowest BCUT2D eigenvalue weighted by atomic mass is 10.0. The van der Waals surface area contributed by atoms with Gasteiger partial charge in [0.25, 0.3) is 5.91 Å². The maximum Gasteiger partial charge on any atom is 0.254 e. The Morgan fingerprint density at radius 2 is 2.14 bits per heavy atom. The highest BCUT2D eigenvalue weighted by Crippen LogP contribution is 2.22. The molecule has 1 N–H and O–H groups in total. The highest BCUT2D eigenvalue weighted by molar-refractivity contribution is 6.32. The average Bonchev–Trinajstić information content (AvgIpc) is 2.47. The second kappa shape index (κ2) is 6.87. The van der Waals surface area contributed by atoms with Gasteiger partial charge in [0, 0.05) is 5.02 Å². The second-order valence-corrected chi connectivity index (χ2v) is 5.28. The Morgan fingerprint density at radius 3 is 2.81 bits per heavy atom. The summed E-state index contributed by atoms with van der Waals surface area (Å²) in [5.74, 6) is -1.08. The van der Waals surface area contributed by atoms with Crippen LogP contribution in [0.2, 0.25) is 10.2 Å². The fourth-order valence-corrected chi connectivity index (χ4v) is 2.35. The average molecular weight is 327 g/mol. The van der Waals surface area contributed by atoms with E-state index in [-0.39, 0.29) is 16.8 Å². The van der Waals surface area contributed by atoms with Crippen LogP contribution in [0.25, 0.3) is 0 Å². The van der Waals surface area contributed by atoms with Crippen molar-refractivity contribution in [2.75, 3.05) is 0 Å². The van der Waals surface area contributed by atoms with E-state index in [1.807, 2.05) is 19.1 Å². The van der Waals surface area contributed by atoms with E-state index in [1.165, 1.54) is 0 Å². The zero-order valence-electron chi connectivity index (χ0n) is 11.2. The van der Waals surface area contributed by atoms with Gasteiger partial charge >= 0.3 is 0 Å². The normalized spacial score (nSPS) is 12.0. The summed E-state index contributed by atoms with van der Waals surface area (Å²) in [5.41, 5.74) is 0.885. The Labute approximate surface area is 132 Å². The highest BCUT2D eigenvalue weighted by Gasteiger charge is 2.17.